The third-order valence-corrected chi connectivity index (χ3v) is 6.26. The van der Waals surface area contributed by atoms with Crippen LogP contribution in [0.5, 0.6) is 0 Å². The molecule has 0 unspecified atom stereocenters. The van der Waals surface area contributed by atoms with Crippen molar-refractivity contribution >= 4 is 33.2 Å². The number of carbonyl (C=O) groups excluding carboxylic acids is 2. The number of para-hydroxylation sites is 1. The van der Waals surface area contributed by atoms with Gasteiger partial charge in [0.15, 0.2) is 0 Å². The van der Waals surface area contributed by atoms with Gasteiger partial charge in [-0.2, -0.15) is 0 Å². The third-order valence-electron chi connectivity index (χ3n) is 5.08. The van der Waals surface area contributed by atoms with Crippen molar-refractivity contribution in [3.8, 4) is 0 Å². The Morgan fingerprint density at radius 3 is 2.06 bits per heavy atom. The minimum Gasteiger partial charge on any atom is -0.339 e. The molecule has 1 N–H and O–H groups in total. The van der Waals surface area contributed by atoms with Gasteiger partial charge in [-0.15, -0.1) is 0 Å². The van der Waals surface area contributed by atoms with Crippen molar-refractivity contribution in [2.75, 3.05) is 29.0 Å². The van der Waals surface area contributed by atoms with E-state index in [1.54, 1.807) is 60.4 Å². The van der Waals surface area contributed by atoms with E-state index in [0.717, 1.165) is 16.1 Å². The van der Waals surface area contributed by atoms with Gasteiger partial charge in [0.1, 0.15) is 6.04 Å². The van der Waals surface area contributed by atoms with E-state index in [4.69, 9.17) is 0 Å². The van der Waals surface area contributed by atoms with Crippen LogP contribution in [0.2, 0.25) is 0 Å². The minimum atomic E-state index is -3.73. The number of nitrogens with zero attached hydrogens (tertiary/aromatic N) is 2. The van der Waals surface area contributed by atoms with Crippen molar-refractivity contribution in [1.29, 1.82) is 0 Å². The van der Waals surface area contributed by atoms with Gasteiger partial charge >= 0.3 is 0 Å². The highest BCUT2D eigenvalue weighted by molar-refractivity contribution is 7.92. The van der Waals surface area contributed by atoms with E-state index in [2.05, 4.69) is 5.32 Å². The molecule has 0 bridgehead atoms. The van der Waals surface area contributed by atoms with Gasteiger partial charge in [0.05, 0.1) is 23.2 Å². The van der Waals surface area contributed by atoms with Gasteiger partial charge < -0.3 is 10.2 Å². The Morgan fingerprint density at radius 2 is 1.55 bits per heavy atom. The molecule has 168 valence electrons. The van der Waals surface area contributed by atoms with Crippen molar-refractivity contribution in [1.82, 2.24) is 4.90 Å². The first-order valence-corrected chi connectivity index (χ1v) is 12.2. The van der Waals surface area contributed by atoms with Crippen molar-refractivity contribution in [3.63, 3.8) is 0 Å². The van der Waals surface area contributed by atoms with Crippen molar-refractivity contribution in [2.24, 2.45) is 0 Å². The summed E-state index contributed by atoms with van der Waals surface area (Å²) >= 11 is 0. The average molecular weight is 446 g/mol. The zero-order valence-electron chi connectivity index (χ0n) is 18.8. The summed E-state index contributed by atoms with van der Waals surface area (Å²) in [6.07, 6.45) is 1.35. The number of sulfonamides is 1. The van der Waals surface area contributed by atoms with Gasteiger partial charge in [-0.25, -0.2) is 8.42 Å². The summed E-state index contributed by atoms with van der Waals surface area (Å²) in [5.41, 5.74) is 2.14. The standard InChI is InChI=1S/C23H31N3O4S/c1-6-21(26(31(5,29)30)18-15-13-17(4)14-16-18)22(27)24-20-12-10-9-11-19(20)23(28)25(7-2)8-3/h9-16,21H,6-8H2,1-5H3,(H,24,27)/t21-/m0/s1. The summed E-state index contributed by atoms with van der Waals surface area (Å²) in [5, 5.41) is 2.79. The lowest BCUT2D eigenvalue weighted by Gasteiger charge is -2.30. The van der Waals surface area contributed by atoms with E-state index in [0.29, 0.717) is 30.0 Å². The second-order valence-corrected chi connectivity index (χ2v) is 9.19. The molecular formula is C23H31N3O4S. The lowest BCUT2D eigenvalue weighted by molar-refractivity contribution is -0.117. The largest absolute Gasteiger partial charge is 0.339 e. The maximum Gasteiger partial charge on any atom is 0.255 e. The molecule has 2 aromatic carbocycles. The highest BCUT2D eigenvalue weighted by Crippen LogP contribution is 2.25. The summed E-state index contributed by atoms with van der Waals surface area (Å²) in [6.45, 7) is 8.53. The van der Waals surface area contributed by atoms with Crippen molar-refractivity contribution in [3.05, 3.63) is 59.7 Å². The Balaban J connectivity index is 2.40. The molecular weight excluding hydrogens is 414 g/mol. The van der Waals surface area contributed by atoms with Gasteiger partial charge in [-0.3, -0.25) is 13.9 Å². The van der Waals surface area contributed by atoms with Crippen molar-refractivity contribution in [2.45, 2.75) is 40.2 Å². The smallest absolute Gasteiger partial charge is 0.255 e. The number of carbonyl (C=O) groups is 2. The fourth-order valence-corrected chi connectivity index (χ4v) is 4.64. The second-order valence-electron chi connectivity index (χ2n) is 7.33. The summed E-state index contributed by atoms with van der Waals surface area (Å²) in [6, 6.07) is 12.8. The third kappa shape index (κ3) is 5.85. The van der Waals surface area contributed by atoms with E-state index in [1.807, 2.05) is 20.8 Å². The quantitative estimate of drug-likeness (QED) is 0.638. The molecule has 2 aromatic rings. The Bertz CT molecular complexity index is 1020. The van der Waals surface area contributed by atoms with Crippen LogP contribution in [-0.2, 0) is 14.8 Å². The van der Waals surface area contributed by atoms with Crippen molar-refractivity contribution < 1.29 is 18.0 Å². The number of amides is 2. The van der Waals surface area contributed by atoms with Gasteiger partial charge in [-0.05, 0) is 51.5 Å². The molecule has 2 amide bonds. The number of hydrogen-bond acceptors (Lipinski definition) is 4. The zero-order valence-corrected chi connectivity index (χ0v) is 19.6. The monoisotopic (exact) mass is 445 g/mol. The van der Waals surface area contributed by atoms with E-state index >= 15 is 0 Å². The van der Waals surface area contributed by atoms with Crippen LogP contribution < -0.4 is 9.62 Å². The number of anilines is 2. The highest BCUT2D eigenvalue weighted by Gasteiger charge is 2.32. The van der Waals surface area contributed by atoms with E-state index < -0.39 is 22.0 Å². The minimum absolute atomic E-state index is 0.188. The van der Waals surface area contributed by atoms with E-state index in [1.165, 1.54) is 0 Å². The molecule has 8 heteroatoms. The molecule has 0 aromatic heterocycles. The molecule has 0 spiro atoms. The molecule has 7 nitrogen and oxygen atoms in total. The fourth-order valence-electron chi connectivity index (χ4n) is 3.43. The molecule has 1 atom stereocenters. The zero-order chi connectivity index (χ0) is 23.2. The normalized spacial score (nSPS) is 12.2. The maximum absolute atomic E-state index is 13.2. The Morgan fingerprint density at radius 1 is 0.968 bits per heavy atom. The Labute approximate surface area is 185 Å². The van der Waals surface area contributed by atoms with Crippen LogP contribution in [0.4, 0.5) is 11.4 Å². The fraction of sp³-hybridized carbons (Fsp3) is 0.391. The number of hydrogen-bond donors (Lipinski definition) is 1. The second kappa shape index (κ2) is 10.4. The van der Waals surface area contributed by atoms with Gasteiger partial charge in [-0.1, -0.05) is 36.8 Å². The van der Waals surface area contributed by atoms with Gasteiger partial charge in [0.2, 0.25) is 15.9 Å². The number of rotatable bonds is 9. The summed E-state index contributed by atoms with van der Waals surface area (Å²) in [4.78, 5) is 27.7. The SMILES string of the molecule is CC[C@@H](C(=O)Nc1ccccc1C(=O)N(CC)CC)N(c1ccc(C)cc1)S(C)(=O)=O. The van der Waals surface area contributed by atoms with Crippen LogP contribution >= 0.6 is 0 Å². The molecule has 0 aliphatic carbocycles. The molecule has 0 saturated heterocycles. The predicted octanol–water partition coefficient (Wildman–Crippen LogP) is 3.66. The predicted molar refractivity (Wildman–Crippen MR) is 125 cm³/mol. The van der Waals surface area contributed by atoms with Crippen LogP contribution in [0, 0.1) is 6.92 Å². The van der Waals surface area contributed by atoms with Crippen LogP contribution in [0.25, 0.3) is 0 Å². The first kappa shape index (κ1) is 24.4. The first-order valence-electron chi connectivity index (χ1n) is 10.4. The highest BCUT2D eigenvalue weighted by atomic mass is 32.2. The summed E-state index contributed by atoms with van der Waals surface area (Å²) < 4.78 is 26.3. The van der Waals surface area contributed by atoms with Crippen LogP contribution in [0.3, 0.4) is 0 Å². The van der Waals surface area contributed by atoms with Gasteiger partial charge in [0, 0.05) is 13.1 Å². The summed E-state index contributed by atoms with van der Waals surface area (Å²) in [5.74, 6) is -0.680. The molecule has 0 heterocycles. The molecule has 2 rings (SSSR count). The number of benzene rings is 2. The van der Waals surface area contributed by atoms with Crippen LogP contribution in [0.1, 0.15) is 43.1 Å². The summed E-state index contributed by atoms with van der Waals surface area (Å²) in [7, 11) is -3.73. The molecule has 31 heavy (non-hydrogen) atoms. The number of nitrogens with one attached hydrogen (secondary N) is 1. The lowest BCUT2D eigenvalue weighted by atomic mass is 10.1. The Hall–Kier alpha value is -2.87. The molecule has 0 aliphatic heterocycles. The van der Waals surface area contributed by atoms with Gasteiger partial charge in [0.25, 0.3) is 5.91 Å². The molecule has 0 aliphatic rings. The number of aryl methyl sites for hydroxylation is 1. The molecule has 0 radical (unpaired) electrons. The first-order chi connectivity index (χ1) is 14.6. The van der Waals surface area contributed by atoms with E-state index in [-0.39, 0.29) is 12.3 Å². The average Bonchev–Trinajstić information content (AvgIpc) is 2.73. The molecule has 0 fully saturated rings. The molecule has 0 saturated carbocycles. The van der Waals surface area contributed by atoms with Crippen LogP contribution in [0.15, 0.2) is 48.5 Å². The Kier molecular flexibility index (Phi) is 8.21. The lowest BCUT2D eigenvalue weighted by Crippen LogP contribution is -2.47. The van der Waals surface area contributed by atoms with E-state index in [9.17, 15) is 18.0 Å². The van der Waals surface area contributed by atoms with Crippen LogP contribution in [-0.4, -0.2) is 50.5 Å². The maximum atomic E-state index is 13.2. The topological polar surface area (TPSA) is 86.8 Å².